The summed E-state index contributed by atoms with van der Waals surface area (Å²) in [7, 11) is 2.23. The summed E-state index contributed by atoms with van der Waals surface area (Å²) in [6.07, 6.45) is 4.00. The molecule has 1 aliphatic heterocycles. The Balaban J connectivity index is 1.77. The summed E-state index contributed by atoms with van der Waals surface area (Å²) in [5.41, 5.74) is 0. The van der Waals surface area contributed by atoms with Crippen LogP contribution in [0.3, 0.4) is 0 Å². The predicted octanol–water partition coefficient (Wildman–Crippen LogP) is 1.94. The summed E-state index contributed by atoms with van der Waals surface area (Å²) in [5, 5.41) is 4.60. The first-order valence-electron chi connectivity index (χ1n) is 6.32. The van der Waals surface area contributed by atoms with Gasteiger partial charge in [-0.15, -0.1) is 0 Å². The van der Waals surface area contributed by atoms with Gasteiger partial charge in [0.2, 0.25) is 0 Å². The third-order valence-electron chi connectivity index (χ3n) is 3.48. The third kappa shape index (κ3) is 3.39. The fourth-order valence-electron chi connectivity index (χ4n) is 1.93. The van der Waals surface area contributed by atoms with Gasteiger partial charge in [-0.2, -0.15) is 0 Å². The summed E-state index contributed by atoms with van der Waals surface area (Å²) in [5.74, 6) is 1.21. The Bertz CT molecular complexity index is 263. The lowest BCUT2D eigenvalue weighted by Gasteiger charge is -2.25. The van der Waals surface area contributed by atoms with Gasteiger partial charge in [0.05, 0.1) is 6.54 Å². The maximum Gasteiger partial charge on any atom is 0.156 e. The quantitative estimate of drug-likeness (QED) is 0.815. The van der Waals surface area contributed by atoms with Crippen molar-refractivity contribution in [3.8, 4) is 0 Å². The minimum atomic E-state index is 0.569. The molecule has 0 radical (unpaired) electrons. The predicted molar refractivity (Wildman–Crippen MR) is 72.2 cm³/mol. The zero-order valence-corrected chi connectivity index (χ0v) is 11.4. The van der Waals surface area contributed by atoms with Crippen LogP contribution in [0.15, 0.2) is 4.99 Å². The number of likely N-dealkylation sites (N-methyl/N-ethyl adjacent to an activating group) is 1. The van der Waals surface area contributed by atoms with Crippen LogP contribution in [0.5, 0.6) is 0 Å². The average molecular weight is 241 g/mol. The van der Waals surface area contributed by atoms with E-state index in [0.29, 0.717) is 12.1 Å². The summed E-state index contributed by atoms with van der Waals surface area (Å²) in [6.45, 7) is 5.43. The van der Waals surface area contributed by atoms with E-state index in [1.807, 2.05) is 11.8 Å². The minimum Gasteiger partial charge on any atom is -0.362 e. The van der Waals surface area contributed by atoms with Crippen molar-refractivity contribution in [2.24, 2.45) is 4.99 Å². The van der Waals surface area contributed by atoms with Crippen LogP contribution in [0.2, 0.25) is 0 Å². The highest BCUT2D eigenvalue weighted by Gasteiger charge is 2.28. The molecule has 2 rings (SSSR count). The Labute approximate surface area is 103 Å². The minimum absolute atomic E-state index is 0.569. The van der Waals surface area contributed by atoms with E-state index in [0.717, 1.165) is 17.8 Å². The summed E-state index contributed by atoms with van der Waals surface area (Å²) in [6, 6.07) is 2.00. The topological polar surface area (TPSA) is 27.6 Å². The Morgan fingerprint density at radius 1 is 1.50 bits per heavy atom. The molecule has 2 aliphatic rings. The van der Waals surface area contributed by atoms with Crippen LogP contribution >= 0.6 is 11.8 Å². The van der Waals surface area contributed by atoms with Crippen LogP contribution in [0.1, 0.15) is 33.1 Å². The first-order valence-corrected chi connectivity index (χ1v) is 7.31. The first-order chi connectivity index (χ1) is 7.66. The second-order valence-electron chi connectivity index (χ2n) is 5.07. The van der Waals surface area contributed by atoms with Crippen LogP contribution in [-0.4, -0.2) is 47.5 Å². The first kappa shape index (κ1) is 12.2. The molecule has 16 heavy (non-hydrogen) atoms. The molecule has 0 aromatic heterocycles. The number of amidine groups is 1. The van der Waals surface area contributed by atoms with E-state index in [1.165, 1.54) is 25.0 Å². The second kappa shape index (κ2) is 5.41. The van der Waals surface area contributed by atoms with E-state index >= 15 is 0 Å². The van der Waals surface area contributed by atoms with E-state index < -0.39 is 0 Å². The lowest BCUT2D eigenvalue weighted by molar-refractivity contribution is 0.253. The van der Waals surface area contributed by atoms with Crippen molar-refractivity contribution in [3.63, 3.8) is 0 Å². The molecule has 0 amide bonds. The molecule has 1 N–H and O–H groups in total. The number of thioether (sulfide) groups is 1. The molecular formula is C12H23N3S. The van der Waals surface area contributed by atoms with E-state index in [1.54, 1.807) is 0 Å². The van der Waals surface area contributed by atoms with Crippen LogP contribution in [0.4, 0.5) is 0 Å². The molecule has 92 valence electrons. The molecule has 1 heterocycles. The SMILES string of the molecule is CC1CCSC(=NCC(C)N(C)C2CC2)N1. The summed E-state index contributed by atoms with van der Waals surface area (Å²) in [4.78, 5) is 7.16. The van der Waals surface area contributed by atoms with Crippen molar-refractivity contribution in [2.75, 3.05) is 19.3 Å². The summed E-state index contributed by atoms with van der Waals surface area (Å²) >= 11 is 1.87. The lowest BCUT2D eigenvalue weighted by Crippen LogP contribution is -2.37. The van der Waals surface area contributed by atoms with Gasteiger partial charge in [0, 0.05) is 23.9 Å². The van der Waals surface area contributed by atoms with E-state index in [4.69, 9.17) is 4.99 Å². The number of hydrogen-bond donors (Lipinski definition) is 1. The van der Waals surface area contributed by atoms with Gasteiger partial charge in [0.1, 0.15) is 0 Å². The van der Waals surface area contributed by atoms with E-state index in [9.17, 15) is 0 Å². The number of hydrogen-bond acceptors (Lipinski definition) is 3. The molecule has 2 atom stereocenters. The van der Waals surface area contributed by atoms with Gasteiger partial charge in [0.25, 0.3) is 0 Å². The van der Waals surface area contributed by atoms with Gasteiger partial charge in [0.15, 0.2) is 5.17 Å². The van der Waals surface area contributed by atoms with Gasteiger partial charge in [-0.3, -0.25) is 9.89 Å². The molecule has 1 aliphatic carbocycles. The second-order valence-corrected chi connectivity index (χ2v) is 6.16. The maximum absolute atomic E-state index is 4.69. The van der Waals surface area contributed by atoms with Crippen LogP contribution in [0, 0.1) is 0 Å². The highest BCUT2D eigenvalue weighted by Crippen LogP contribution is 2.27. The highest BCUT2D eigenvalue weighted by atomic mass is 32.2. The molecule has 0 bridgehead atoms. The smallest absolute Gasteiger partial charge is 0.156 e. The van der Waals surface area contributed by atoms with Crippen molar-refractivity contribution in [2.45, 2.75) is 51.2 Å². The molecule has 4 heteroatoms. The van der Waals surface area contributed by atoms with Gasteiger partial charge in [-0.25, -0.2) is 0 Å². The van der Waals surface area contributed by atoms with Crippen LogP contribution < -0.4 is 5.32 Å². The largest absolute Gasteiger partial charge is 0.362 e. The highest BCUT2D eigenvalue weighted by molar-refractivity contribution is 8.13. The Hall–Kier alpha value is -0.220. The lowest BCUT2D eigenvalue weighted by atomic mass is 10.3. The van der Waals surface area contributed by atoms with Crippen molar-refractivity contribution < 1.29 is 0 Å². The molecule has 0 aromatic rings. The molecule has 2 unspecified atom stereocenters. The van der Waals surface area contributed by atoms with Gasteiger partial charge < -0.3 is 5.32 Å². The molecule has 1 saturated heterocycles. The molecular weight excluding hydrogens is 218 g/mol. The van der Waals surface area contributed by atoms with Crippen molar-refractivity contribution in [1.29, 1.82) is 0 Å². The standard InChI is InChI=1S/C12H23N3S/c1-9-6-7-16-12(14-9)13-8-10(2)15(3)11-4-5-11/h9-11H,4-8H2,1-3H3,(H,13,14). The fraction of sp³-hybridized carbons (Fsp3) is 0.917. The maximum atomic E-state index is 4.69. The van der Waals surface area contributed by atoms with Gasteiger partial charge in [-0.1, -0.05) is 11.8 Å². The number of aliphatic imine (C=N–C) groups is 1. The van der Waals surface area contributed by atoms with Crippen LogP contribution in [-0.2, 0) is 0 Å². The molecule has 2 fully saturated rings. The molecule has 0 spiro atoms. The zero-order chi connectivity index (χ0) is 11.5. The van der Waals surface area contributed by atoms with Gasteiger partial charge >= 0.3 is 0 Å². The Kier molecular flexibility index (Phi) is 4.14. The van der Waals surface area contributed by atoms with Crippen molar-refractivity contribution >= 4 is 16.9 Å². The third-order valence-corrected chi connectivity index (χ3v) is 4.44. The molecule has 0 aromatic carbocycles. The van der Waals surface area contributed by atoms with E-state index in [-0.39, 0.29) is 0 Å². The van der Waals surface area contributed by atoms with Gasteiger partial charge in [-0.05, 0) is 40.2 Å². The average Bonchev–Trinajstić information content (AvgIpc) is 3.09. The summed E-state index contributed by atoms with van der Waals surface area (Å²) < 4.78 is 0. The van der Waals surface area contributed by atoms with Crippen molar-refractivity contribution in [1.82, 2.24) is 10.2 Å². The molecule has 3 nitrogen and oxygen atoms in total. The number of nitrogens with zero attached hydrogens (tertiary/aromatic N) is 2. The fourth-order valence-corrected chi connectivity index (χ4v) is 3.05. The number of rotatable bonds is 4. The van der Waals surface area contributed by atoms with Crippen LogP contribution in [0.25, 0.3) is 0 Å². The Morgan fingerprint density at radius 3 is 2.88 bits per heavy atom. The molecule has 1 saturated carbocycles. The van der Waals surface area contributed by atoms with E-state index in [2.05, 4.69) is 31.1 Å². The Morgan fingerprint density at radius 2 is 2.25 bits per heavy atom. The normalized spacial score (nSPS) is 30.5. The zero-order valence-electron chi connectivity index (χ0n) is 10.6. The van der Waals surface area contributed by atoms with Crippen molar-refractivity contribution in [3.05, 3.63) is 0 Å². The monoisotopic (exact) mass is 241 g/mol. The number of nitrogens with one attached hydrogen (secondary N) is 1.